The summed E-state index contributed by atoms with van der Waals surface area (Å²) in [6.07, 6.45) is 3.30. The Morgan fingerprint density at radius 2 is 2.43 bits per heavy atom. The average Bonchev–Trinajstić information content (AvgIpc) is 2.56. The van der Waals surface area contributed by atoms with Crippen LogP contribution in [0.4, 0.5) is 0 Å². The maximum atomic E-state index is 11.2. The van der Waals surface area contributed by atoms with Crippen molar-refractivity contribution in [3.63, 3.8) is 0 Å². The van der Waals surface area contributed by atoms with Crippen molar-refractivity contribution < 1.29 is 13.9 Å². The van der Waals surface area contributed by atoms with Crippen molar-refractivity contribution >= 4 is 5.78 Å². The van der Waals surface area contributed by atoms with Gasteiger partial charge in [0.2, 0.25) is 0 Å². The minimum atomic E-state index is 0.0819. The number of Topliss-reactive ketones (excluding diaryl/α,β-unsaturated/α-hetero) is 1. The summed E-state index contributed by atoms with van der Waals surface area (Å²) in [5.41, 5.74) is 1.07. The van der Waals surface area contributed by atoms with Crippen molar-refractivity contribution in [3.05, 3.63) is 24.2 Å². The summed E-state index contributed by atoms with van der Waals surface area (Å²) in [6, 6.07) is 1.89. The summed E-state index contributed by atoms with van der Waals surface area (Å²) in [4.78, 5) is 13.1. The lowest BCUT2D eigenvalue weighted by molar-refractivity contribution is -0.123. The Morgan fingerprint density at radius 1 is 1.64 bits per heavy atom. The van der Waals surface area contributed by atoms with Crippen LogP contribution in [0.5, 0.6) is 0 Å². The first-order valence-electron chi connectivity index (χ1n) is 4.42. The van der Waals surface area contributed by atoms with Gasteiger partial charge in [-0.1, -0.05) is 0 Å². The van der Waals surface area contributed by atoms with Gasteiger partial charge in [-0.15, -0.1) is 0 Å². The van der Waals surface area contributed by atoms with Gasteiger partial charge in [0.1, 0.15) is 6.61 Å². The average molecular weight is 197 g/mol. The molecule has 0 aromatic carbocycles. The SMILES string of the molecule is COCC(=O)CN(C)Cc1ccoc1. The smallest absolute Gasteiger partial charge is 0.172 e. The molecule has 0 fully saturated rings. The number of rotatable bonds is 6. The lowest BCUT2D eigenvalue weighted by atomic mass is 10.3. The summed E-state index contributed by atoms with van der Waals surface area (Å²) in [6.45, 7) is 1.29. The van der Waals surface area contributed by atoms with Gasteiger partial charge in [-0.2, -0.15) is 0 Å². The van der Waals surface area contributed by atoms with Crippen LogP contribution in [0.1, 0.15) is 5.56 Å². The van der Waals surface area contributed by atoms with Gasteiger partial charge >= 0.3 is 0 Å². The molecule has 0 saturated heterocycles. The third-order valence-corrected chi connectivity index (χ3v) is 1.78. The number of furan rings is 1. The molecule has 1 rings (SSSR count). The standard InChI is InChI=1S/C10H15NO3/c1-11(6-10(12)8-13-2)5-9-3-4-14-7-9/h3-4,7H,5-6,8H2,1-2H3. The summed E-state index contributed by atoms with van der Waals surface area (Å²) < 4.78 is 9.68. The molecule has 4 heteroatoms. The van der Waals surface area contributed by atoms with Crippen LogP contribution in [0.25, 0.3) is 0 Å². The predicted octanol–water partition coefficient (Wildman–Crippen LogP) is 0.927. The van der Waals surface area contributed by atoms with E-state index in [0.29, 0.717) is 13.1 Å². The van der Waals surface area contributed by atoms with Crippen molar-refractivity contribution in [2.75, 3.05) is 27.3 Å². The second-order valence-corrected chi connectivity index (χ2v) is 3.28. The van der Waals surface area contributed by atoms with Gasteiger partial charge in [0.15, 0.2) is 5.78 Å². The van der Waals surface area contributed by atoms with Gasteiger partial charge in [-0.25, -0.2) is 0 Å². The van der Waals surface area contributed by atoms with E-state index in [1.807, 2.05) is 18.0 Å². The van der Waals surface area contributed by atoms with E-state index < -0.39 is 0 Å². The predicted molar refractivity (Wildman–Crippen MR) is 51.9 cm³/mol. The number of likely N-dealkylation sites (N-methyl/N-ethyl adjacent to an activating group) is 1. The minimum Gasteiger partial charge on any atom is -0.472 e. The third-order valence-electron chi connectivity index (χ3n) is 1.78. The molecule has 0 amide bonds. The van der Waals surface area contributed by atoms with Crippen molar-refractivity contribution in [2.24, 2.45) is 0 Å². The Hall–Kier alpha value is -1.13. The van der Waals surface area contributed by atoms with E-state index in [4.69, 9.17) is 9.15 Å². The van der Waals surface area contributed by atoms with Gasteiger partial charge in [-0.05, 0) is 13.1 Å². The number of hydrogen-bond donors (Lipinski definition) is 0. The largest absolute Gasteiger partial charge is 0.472 e. The van der Waals surface area contributed by atoms with E-state index in [1.54, 1.807) is 12.5 Å². The molecule has 0 radical (unpaired) electrons. The molecule has 0 saturated carbocycles. The van der Waals surface area contributed by atoms with Crippen LogP contribution < -0.4 is 0 Å². The van der Waals surface area contributed by atoms with E-state index in [2.05, 4.69) is 0 Å². The first-order valence-corrected chi connectivity index (χ1v) is 4.42. The number of carbonyl (C=O) groups excluding carboxylic acids is 1. The normalized spacial score (nSPS) is 10.8. The Morgan fingerprint density at radius 3 is 3.00 bits per heavy atom. The molecule has 1 heterocycles. The number of nitrogens with zero attached hydrogens (tertiary/aromatic N) is 1. The molecule has 0 unspecified atom stereocenters. The Bertz CT molecular complexity index is 269. The molecule has 1 aromatic heterocycles. The van der Waals surface area contributed by atoms with Crippen molar-refractivity contribution in [2.45, 2.75) is 6.54 Å². The van der Waals surface area contributed by atoms with Gasteiger partial charge in [0.25, 0.3) is 0 Å². The highest BCUT2D eigenvalue weighted by atomic mass is 16.5. The quantitative estimate of drug-likeness (QED) is 0.680. The summed E-state index contributed by atoms with van der Waals surface area (Å²) in [7, 11) is 3.41. The molecule has 14 heavy (non-hydrogen) atoms. The van der Waals surface area contributed by atoms with Gasteiger partial charge in [0.05, 0.1) is 19.1 Å². The molecular formula is C10H15NO3. The topological polar surface area (TPSA) is 42.7 Å². The monoisotopic (exact) mass is 197 g/mol. The second kappa shape index (κ2) is 5.57. The zero-order valence-corrected chi connectivity index (χ0v) is 8.53. The number of hydrogen-bond acceptors (Lipinski definition) is 4. The molecule has 0 spiro atoms. The van der Waals surface area contributed by atoms with Crippen LogP contribution in [-0.4, -0.2) is 38.0 Å². The summed E-state index contributed by atoms with van der Waals surface area (Å²) in [5.74, 6) is 0.0819. The molecular weight excluding hydrogens is 182 g/mol. The van der Waals surface area contributed by atoms with Crippen LogP contribution >= 0.6 is 0 Å². The fourth-order valence-electron chi connectivity index (χ4n) is 1.26. The molecule has 0 aliphatic heterocycles. The van der Waals surface area contributed by atoms with Crippen LogP contribution in [0, 0.1) is 0 Å². The minimum absolute atomic E-state index is 0.0819. The Labute approximate surface area is 83.5 Å². The number of ketones is 1. The first kappa shape index (κ1) is 10.9. The zero-order valence-electron chi connectivity index (χ0n) is 8.53. The van der Waals surface area contributed by atoms with Gasteiger partial charge in [-0.3, -0.25) is 9.69 Å². The van der Waals surface area contributed by atoms with E-state index >= 15 is 0 Å². The van der Waals surface area contributed by atoms with Crippen LogP contribution in [0.2, 0.25) is 0 Å². The van der Waals surface area contributed by atoms with Gasteiger partial charge < -0.3 is 9.15 Å². The number of carbonyl (C=O) groups is 1. The summed E-state index contributed by atoms with van der Waals surface area (Å²) >= 11 is 0. The molecule has 4 nitrogen and oxygen atoms in total. The Balaban J connectivity index is 2.29. The molecule has 0 N–H and O–H groups in total. The van der Waals surface area contributed by atoms with Crippen LogP contribution in [0.3, 0.4) is 0 Å². The van der Waals surface area contributed by atoms with Crippen LogP contribution in [0.15, 0.2) is 23.0 Å². The van der Waals surface area contributed by atoms with E-state index in [0.717, 1.165) is 5.56 Å². The molecule has 0 atom stereocenters. The summed E-state index contributed by atoms with van der Waals surface area (Å²) in [5, 5.41) is 0. The van der Waals surface area contributed by atoms with E-state index in [-0.39, 0.29) is 12.4 Å². The maximum Gasteiger partial charge on any atom is 0.172 e. The highest BCUT2D eigenvalue weighted by Gasteiger charge is 2.06. The van der Waals surface area contributed by atoms with Gasteiger partial charge in [0, 0.05) is 19.2 Å². The zero-order chi connectivity index (χ0) is 10.4. The maximum absolute atomic E-state index is 11.2. The lowest BCUT2D eigenvalue weighted by Crippen LogP contribution is -2.27. The lowest BCUT2D eigenvalue weighted by Gasteiger charge is -2.13. The van der Waals surface area contributed by atoms with Crippen molar-refractivity contribution in [1.29, 1.82) is 0 Å². The molecule has 0 bridgehead atoms. The fraction of sp³-hybridized carbons (Fsp3) is 0.500. The van der Waals surface area contributed by atoms with E-state index in [1.165, 1.54) is 7.11 Å². The first-order chi connectivity index (χ1) is 6.72. The number of ether oxygens (including phenoxy) is 1. The molecule has 0 aliphatic rings. The molecule has 1 aromatic rings. The third kappa shape index (κ3) is 3.72. The second-order valence-electron chi connectivity index (χ2n) is 3.28. The molecule has 78 valence electrons. The van der Waals surface area contributed by atoms with Crippen LogP contribution in [-0.2, 0) is 16.1 Å². The van der Waals surface area contributed by atoms with Crippen molar-refractivity contribution in [1.82, 2.24) is 4.90 Å². The fourth-order valence-corrected chi connectivity index (χ4v) is 1.26. The highest BCUT2D eigenvalue weighted by Crippen LogP contribution is 2.03. The van der Waals surface area contributed by atoms with Crippen molar-refractivity contribution in [3.8, 4) is 0 Å². The number of methoxy groups -OCH3 is 1. The van der Waals surface area contributed by atoms with E-state index in [9.17, 15) is 4.79 Å². The molecule has 0 aliphatic carbocycles. The highest BCUT2D eigenvalue weighted by molar-refractivity contribution is 5.81. The Kier molecular flexibility index (Phi) is 4.35.